The van der Waals surface area contributed by atoms with Gasteiger partial charge in [0.1, 0.15) is 6.04 Å². The zero-order valence-corrected chi connectivity index (χ0v) is 17.2. The molecule has 2 atom stereocenters. The van der Waals surface area contributed by atoms with Crippen molar-refractivity contribution in [3.05, 3.63) is 65.0 Å². The first-order valence-corrected chi connectivity index (χ1v) is 10.7. The van der Waals surface area contributed by atoms with Crippen molar-refractivity contribution in [1.29, 1.82) is 0 Å². The minimum Gasteiger partial charge on any atom is -0.322 e. The minimum atomic E-state index is -0.578. The number of rotatable bonds is 4. The highest BCUT2D eigenvalue weighted by Gasteiger charge is 2.39. The fourth-order valence-corrected chi connectivity index (χ4v) is 4.78. The molecule has 8 nitrogen and oxygen atoms in total. The van der Waals surface area contributed by atoms with E-state index in [2.05, 4.69) is 38.7 Å². The van der Waals surface area contributed by atoms with Crippen LogP contribution in [0.1, 0.15) is 45.9 Å². The van der Waals surface area contributed by atoms with Crippen LogP contribution in [0.2, 0.25) is 0 Å². The molecule has 3 amide bonds. The van der Waals surface area contributed by atoms with Crippen LogP contribution in [-0.4, -0.2) is 58.2 Å². The fraction of sp³-hybridized carbons (Fsp3) is 0.391. The largest absolute Gasteiger partial charge is 0.322 e. The maximum atomic E-state index is 13.1. The Hall–Kier alpha value is -3.10. The topological polar surface area (TPSA) is 94.6 Å². The summed E-state index contributed by atoms with van der Waals surface area (Å²) in [5, 5.41) is 5.81. The van der Waals surface area contributed by atoms with Gasteiger partial charge in [-0.15, -0.1) is 0 Å². The SMILES string of the molecule is O=C1CCC(N2Cc3ccc(CN4CCNCC4c4ccncc4)cc3C2=O)C(=O)N1. The second-order valence-corrected chi connectivity index (χ2v) is 8.36. The highest BCUT2D eigenvalue weighted by atomic mass is 16.2. The molecular formula is C23H25N5O3. The second kappa shape index (κ2) is 8.20. The smallest absolute Gasteiger partial charge is 0.255 e. The van der Waals surface area contributed by atoms with Crippen LogP contribution in [0.5, 0.6) is 0 Å². The summed E-state index contributed by atoms with van der Waals surface area (Å²) in [6.07, 6.45) is 4.28. The van der Waals surface area contributed by atoms with E-state index in [-0.39, 0.29) is 30.2 Å². The number of carbonyl (C=O) groups excluding carboxylic acids is 3. The molecule has 1 aromatic carbocycles. The van der Waals surface area contributed by atoms with Gasteiger partial charge in [-0.3, -0.25) is 29.6 Å². The van der Waals surface area contributed by atoms with Gasteiger partial charge in [0.2, 0.25) is 11.8 Å². The number of pyridine rings is 1. The van der Waals surface area contributed by atoms with E-state index in [4.69, 9.17) is 0 Å². The average molecular weight is 419 g/mol. The molecular weight excluding hydrogens is 394 g/mol. The van der Waals surface area contributed by atoms with Crippen molar-refractivity contribution in [1.82, 2.24) is 25.4 Å². The Kier molecular flexibility index (Phi) is 5.25. The van der Waals surface area contributed by atoms with Crippen LogP contribution in [0.4, 0.5) is 0 Å². The first-order chi connectivity index (χ1) is 15.1. The number of carbonyl (C=O) groups is 3. The molecule has 2 unspecified atom stereocenters. The highest BCUT2D eigenvalue weighted by molar-refractivity contribution is 6.05. The molecule has 0 aliphatic carbocycles. The van der Waals surface area contributed by atoms with Crippen LogP contribution < -0.4 is 10.6 Å². The summed E-state index contributed by atoms with van der Waals surface area (Å²) in [5.41, 5.74) is 3.91. The Morgan fingerprint density at radius 1 is 1.06 bits per heavy atom. The highest BCUT2D eigenvalue weighted by Crippen LogP contribution is 2.30. The number of amides is 3. The lowest BCUT2D eigenvalue weighted by atomic mass is 10.0. The molecule has 2 aromatic rings. The average Bonchev–Trinajstić information content (AvgIpc) is 3.11. The molecule has 4 heterocycles. The zero-order chi connectivity index (χ0) is 21.4. The lowest BCUT2D eigenvalue weighted by molar-refractivity contribution is -0.136. The van der Waals surface area contributed by atoms with Crippen molar-refractivity contribution < 1.29 is 14.4 Å². The molecule has 0 spiro atoms. The molecule has 5 rings (SSSR count). The van der Waals surface area contributed by atoms with Crippen LogP contribution in [0.3, 0.4) is 0 Å². The summed E-state index contributed by atoms with van der Waals surface area (Å²) in [7, 11) is 0. The number of fused-ring (bicyclic) bond motifs is 1. The maximum Gasteiger partial charge on any atom is 0.255 e. The quantitative estimate of drug-likeness (QED) is 0.718. The Bertz CT molecular complexity index is 1030. The van der Waals surface area contributed by atoms with Crippen LogP contribution >= 0.6 is 0 Å². The van der Waals surface area contributed by atoms with E-state index in [1.54, 1.807) is 4.90 Å². The van der Waals surface area contributed by atoms with Gasteiger partial charge >= 0.3 is 0 Å². The first-order valence-electron chi connectivity index (χ1n) is 10.7. The maximum absolute atomic E-state index is 13.1. The predicted molar refractivity (Wildman–Crippen MR) is 113 cm³/mol. The summed E-state index contributed by atoms with van der Waals surface area (Å²) >= 11 is 0. The number of nitrogens with zero attached hydrogens (tertiary/aromatic N) is 3. The minimum absolute atomic E-state index is 0.127. The number of hydrogen-bond donors (Lipinski definition) is 2. The Balaban J connectivity index is 1.33. The van der Waals surface area contributed by atoms with E-state index in [0.717, 1.165) is 37.3 Å². The molecule has 0 bridgehead atoms. The van der Waals surface area contributed by atoms with Gasteiger partial charge in [0.15, 0.2) is 0 Å². The Labute approximate surface area is 180 Å². The fourth-order valence-electron chi connectivity index (χ4n) is 4.78. The van der Waals surface area contributed by atoms with Crippen LogP contribution in [0, 0.1) is 0 Å². The number of imide groups is 1. The van der Waals surface area contributed by atoms with E-state index in [1.165, 1.54) is 5.56 Å². The molecule has 2 N–H and O–H groups in total. The first kappa shape index (κ1) is 19.8. The molecule has 0 radical (unpaired) electrons. The number of nitrogens with one attached hydrogen (secondary N) is 2. The van der Waals surface area contributed by atoms with Crippen LogP contribution in [-0.2, 0) is 22.7 Å². The molecule has 1 aromatic heterocycles. The second-order valence-electron chi connectivity index (χ2n) is 8.36. The monoisotopic (exact) mass is 419 g/mol. The number of piperazine rings is 1. The summed E-state index contributed by atoms with van der Waals surface area (Å²) in [5.74, 6) is -0.775. The standard InChI is InChI=1S/C23H25N5O3/c29-21-4-3-19(22(30)26-21)28-14-17-2-1-15(11-18(17)23(28)31)13-27-10-9-25-12-20(27)16-5-7-24-8-6-16/h1-2,5-8,11,19-20,25H,3-4,9-10,12-14H2,(H,26,29,30). The molecule has 3 aliphatic rings. The van der Waals surface area contributed by atoms with Gasteiger partial charge in [-0.2, -0.15) is 0 Å². The van der Waals surface area contributed by atoms with Crippen molar-refractivity contribution in [2.75, 3.05) is 19.6 Å². The van der Waals surface area contributed by atoms with Gasteiger partial charge in [0.25, 0.3) is 5.91 Å². The van der Waals surface area contributed by atoms with Gasteiger partial charge in [0, 0.05) is 63.1 Å². The van der Waals surface area contributed by atoms with Gasteiger partial charge in [-0.1, -0.05) is 12.1 Å². The Morgan fingerprint density at radius 2 is 1.90 bits per heavy atom. The van der Waals surface area contributed by atoms with E-state index < -0.39 is 6.04 Å². The number of aromatic nitrogens is 1. The van der Waals surface area contributed by atoms with E-state index in [9.17, 15) is 14.4 Å². The summed E-state index contributed by atoms with van der Waals surface area (Å²) in [6.45, 7) is 3.87. The molecule has 31 heavy (non-hydrogen) atoms. The number of benzene rings is 1. The van der Waals surface area contributed by atoms with Crippen molar-refractivity contribution in [2.24, 2.45) is 0 Å². The molecule has 2 saturated heterocycles. The number of hydrogen-bond acceptors (Lipinski definition) is 6. The third kappa shape index (κ3) is 3.84. The summed E-state index contributed by atoms with van der Waals surface area (Å²) < 4.78 is 0. The van der Waals surface area contributed by atoms with Gasteiger partial charge in [-0.05, 0) is 41.3 Å². The molecule has 8 heteroatoms. The Morgan fingerprint density at radius 3 is 2.71 bits per heavy atom. The van der Waals surface area contributed by atoms with Crippen molar-refractivity contribution >= 4 is 17.7 Å². The van der Waals surface area contributed by atoms with Crippen molar-refractivity contribution in [2.45, 2.75) is 38.0 Å². The predicted octanol–water partition coefficient (Wildman–Crippen LogP) is 0.989. The molecule has 0 saturated carbocycles. The molecule has 160 valence electrons. The van der Waals surface area contributed by atoms with Crippen molar-refractivity contribution in [3.8, 4) is 0 Å². The normalized spacial score (nSPS) is 24.3. The number of piperidine rings is 1. The van der Waals surface area contributed by atoms with Gasteiger partial charge < -0.3 is 10.2 Å². The van der Waals surface area contributed by atoms with Crippen LogP contribution in [0.15, 0.2) is 42.7 Å². The molecule has 3 aliphatic heterocycles. The zero-order valence-electron chi connectivity index (χ0n) is 17.2. The lowest BCUT2D eigenvalue weighted by Crippen LogP contribution is -2.52. The van der Waals surface area contributed by atoms with E-state index in [1.807, 2.05) is 24.5 Å². The molecule has 2 fully saturated rings. The third-order valence-corrected chi connectivity index (χ3v) is 6.42. The summed E-state index contributed by atoms with van der Waals surface area (Å²) in [6, 6.07) is 9.81. The third-order valence-electron chi connectivity index (χ3n) is 6.42. The summed E-state index contributed by atoms with van der Waals surface area (Å²) in [4.78, 5) is 44.9. The lowest BCUT2D eigenvalue weighted by Gasteiger charge is -2.36. The van der Waals surface area contributed by atoms with Crippen molar-refractivity contribution in [3.63, 3.8) is 0 Å². The van der Waals surface area contributed by atoms with E-state index >= 15 is 0 Å². The van der Waals surface area contributed by atoms with Gasteiger partial charge in [-0.25, -0.2) is 0 Å². The van der Waals surface area contributed by atoms with Gasteiger partial charge in [0.05, 0.1) is 0 Å². The van der Waals surface area contributed by atoms with Crippen LogP contribution in [0.25, 0.3) is 0 Å². The van der Waals surface area contributed by atoms with E-state index in [0.29, 0.717) is 18.5 Å².